The number of anilines is 1. The molecule has 3 N–H and O–H groups in total. The van der Waals surface area contributed by atoms with Crippen LogP contribution in [0.5, 0.6) is 5.75 Å². The van der Waals surface area contributed by atoms with Gasteiger partial charge in [0.05, 0.1) is 12.8 Å². The van der Waals surface area contributed by atoms with E-state index >= 15 is 0 Å². The van der Waals surface area contributed by atoms with E-state index < -0.39 is 0 Å². The third-order valence-corrected chi connectivity index (χ3v) is 8.10. The van der Waals surface area contributed by atoms with E-state index in [1.54, 1.807) is 7.11 Å². The van der Waals surface area contributed by atoms with Crippen molar-refractivity contribution in [3.8, 4) is 5.75 Å². The van der Waals surface area contributed by atoms with Crippen molar-refractivity contribution in [3.05, 3.63) is 35.4 Å². The Labute approximate surface area is 166 Å². The topological polar surface area (TPSA) is 62.3 Å². The van der Waals surface area contributed by atoms with E-state index in [9.17, 15) is 0 Å². The molecule has 0 aromatic heterocycles. The van der Waals surface area contributed by atoms with Crippen molar-refractivity contribution in [2.45, 2.75) is 56.9 Å². The summed E-state index contributed by atoms with van der Waals surface area (Å²) in [7, 11) is 1.76. The molecule has 4 bridgehead atoms. The third-order valence-electron chi connectivity index (χ3n) is 8.10. The Balaban J connectivity index is 1.58. The van der Waals surface area contributed by atoms with E-state index in [2.05, 4.69) is 29.2 Å². The molecule has 0 saturated heterocycles. The minimum absolute atomic E-state index is 0.00950. The maximum atomic E-state index is 8.64. The number of benzene rings is 2. The minimum Gasteiger partial charge on any atom is -0.495 e. The van der Waals surface area contributed by atoms with Crippen LogP contribution in [-0.2, 0) is 12.8 Å². The van der Waals surface area contributed by atoms with Crippen LogP contribution in [0.3, 0.4) is 0 Å². The maximum Gasteiger partial charge on any atom is 0.193 e. The van der Waals surface area contributed by atoms with Gasteiger partial charge in [0.15, 0.2) is 5.96 Å². The van der Waals surface area contributed by atoms with Gasteiger partial charge in [0.1, 0.15) is 5.75 Å². The Morgan fingerprint density at radius 1 is 1.11 bits per heavy atom. The standard InChI is InChI=1S/C24H29N3O/c1-28-20-10-18-4-2-3-17-5-6-19(21(17)18)22(20)27(23(25)26)24-11-14-7-15(12-24)9-16(8-14)13-24/h2-4,10,14-16H,5-9,11-13H2,1H3,(H3,25,26). The van der Waals surface area contributed by atoms with Crippen LogP contribution >= 0.6 is 0 Å². The van der Waals surface area contributed by atoms with Gasteiger partial charge in [-0.3, -0.25) is 5.41 Å². The fraction of sp³-hybridized carbons (Fsp3) is 0.542. The lowest BCUT2D eigenvalue weighted by molar-refractivity contribution is 0.00150. The summed E-state index contributed by atoms with van der Waals surface area (Å²) < 4.78 is 5.92. The summed E-state index contributed by atoms with van der Waals surface area (Å²) in [6, 6.07) is 8.74. The third kappa shape index (κ3) is 2.15. The van der Waals surface area contributed by atoms with Gasteiger partial charge in [-0.05, 0) is 97.1 Å². The number of guanidine groups is 1. The fourth-order valence-corrected chi connectivity index (χ4v) is 7.65. The highest BCUT2D eigenvalue weighted by molar-refractivity contribution is 6.04. The average molecular weight is 376 g/mol. The van der Waals surface area contributed by atoms with Crippen LogP contribution in [0, 0.1) is 23.2 Å². The minimum atomic E-state index is 0.00950. The molecule has 5 aliphatic carbocycles. The lowest BCUT2D eigenvalue weighted by atomic mass is 9.52. The van der Waals surface area contributed by atoms with E-state index in [1.807, 2.05) is 0 Å². The number of aryl methyl sites for hydroxylation is 2. The van der Waals surface area contributed by atoms with E-state index in [0.717, 1.165) is 42.0 Å². The van der Waals surface area contributed by atoms with E-state index in [1.165, 1.54) is 60.4 Å². The van der Waals surface area contributed by atoms with Crippen molar-refractivity contribution in [1.29, 1.82) is 5.41 Å². The van der Waals surface area contributed by atoms with Gasteiger partial charge in [-0.15, -0.1) is 0 Å². The molecule has 5 aliphatic rings. The Hall–Kier alpha value is -2.23. The summed E-state index contributed by atoms with van der Waals surface area (Å²) in [6.45, 7) is 0. The van der Waals surface area contributed by atoms with Crippen LogP contribution in [0.2, 0.25) is 0 Å². The summed E-state index contributed by atoms with van der Waals surface area (Å²) in [4.78, 5) is 2.23. The fourth-order valence-electron chi connectivity index (χ4n) is 7.65. The van der Waals surface area contributed by atoms with Crippen molar-refractivity contribution in [2.75, 3.05) is 12.0 Å². The Bertz CT molecular complexity index is 960. The summed E-state index contributed by atoms with van der Waals surface area (Å²) >= 11 is 0. The first-order valence-corrected chi connectivity index (χ1v) is 10.8. The first kappa shape index (κ1) is 16.7. The smallest absolute Gasteiger partial charge is 0.193 e. The van der Waals surface area contributed by atoms with Crippen LogP contribution in [0.1, 0.15) is 49.7 Å². The van der Waals surface area contributed by atoms with E-state index in [4.69, 9.17) is 15.9 Å². The highest BCUT2D eigenvalue weighted by Gasteiger charge is 2.55. The van der Waals surface area contributed by atoms with Crippen LogP contribution in [-0.4, -0.2) is 18.6 Å². The largest absolute Gasteiger partial charge is 0.495 e. The van der Waals surface area contributed by atoms with Crippen molar-refractivity contribution < 1.29 is 4.74 Å². The number of nitrogens with one attached hydrogen (secondary N) is 1. The zero-order chi connectivity index (χ0) is 19.0. The van der Waals surface area contributed by atoms with Crippen molar-refractivity contribution in [3.63, 3.8) is 0 Å². The van der Waals surface area contributed by atoms with Gasteiger partial charge in [0.2, 0.25) is 0 Å². The summed E-state index contributed by atoms with van der Waals surface area (Å²) in [5.74, 6) is 3.50. The molecule has 0 atom stereocenters. The molecule has 2 aromatic rings. The molecular formula is C24H29N3O. The molecule has 0 spiro atoms. The first-order chi connectivity index (χ1) is 13.6. The zero-order valence-electron chi connectivity index (χ0n) is 16.6. The molecular weight excluding hydrogens is 346 g/mol. The summed E-state index contributed by atoms with van der Waals surface area (Å²) in [5.41, 5.74) is 10.2. The Morgan fingerprint density at radius 2 is 1.79 bits per heavy atom. The molecule has 2 aromatic carbocycles. The number of rotatable bonds is 3. The number of hydrogen-bond acceptors (Lipinski definition) is 2. The van der Waals surface area contributed by atoms with Crippen LogP contribution in [0.15, 0.2) is 24.3 Å². The van der Waals surface area contributed by atoms with Crippen LogP contribution in [0.25, 0.3) is 10.8 Å². The van der Waals surface area contributed by atoms with Crippen molar-refractivity contribution in [2.24, 2.45) is 23.5 Å². The predicted molar refractivity (Wildman–Crippen MR) is 113 cm³/mol. The normalized spacial score (nSPS) is 32.1. The van der Waals surface area contributed by atoms with Gasteiger partial charge in [0, 0.05) is 5.54 Å². The number of methoxy groups -OCH3 is 1. The van der Waals surface area contributed by atoms with E-state index in [0.29, 0.717) is 0 Å². The van der Waals surface area contributed by atoms with Crippen molar-refractivity contribution in [1.82, 2.24) is 0 Å². The second kappa shape index (κ2) is 5.65. The maximum absolute atomic E-state index is 8.64. The second-order valence-electron chi connectivity index (χ2n) is 9.78. The molecule has 0 amide bonds. The molecule has 4 fully saturated rings. The second-order valence-corrected chi connectivity index (χ2v) is 9.78. The lowest BCUT2D eigenvalue weighted by Crippen LogP contribution is -2.63. The highest BCUT2D eigenvalue weighted by atomic mass is 16.5. The average Bonchev–Trinajstić information content (AvgIpc) is 3.07. The van der Waals surface area contributed by atoms with Gasteiger partial charge < -0.3 is 15.4 Å². The molecule has 7 rings (SSSR count). The molecule has 28 heavy (non-hydrogen) atoms. The number of nitrogens with two attached hydrogens (primary N) is 1. The quantitative estimate of drug-likeness (QED) is 0.608. The van der Waals surface area contributed by atoms with Gasteiger partial charge >= 0.3 is 0 Å². The first-order valence-electron chi connectivity index (χ1n) is 10.8. The lowest BCUT2D eigenvalue weighted by Gasteiger charge is -2.60. The van der Waals surface area contributed by atoms with Gasteiger partial charge in [-0.2, -0.15) is 0 Å². The predicted octanol–water partition coefficient (Wildman–Crippen LogP) is 4.62. The number of nitrogens with zero attached hydrogens (tertiary/aromatic N) is 1. The van der Waals surface area contributed by atoms with Crippen LogP contribution < -0.4 is 15.4 Å². The summed E-state index contributed by atoms with van der Waals surface area (Å²) in [5, 5.41) is 11.3. The van der Waals surface area contributed by atoms with Gasteiger partial charge in [0.25, 0.3) is 0 Å². The Morgan fingerprint density at radius 3 is 2.39 bits per heavy atom. The van der Waals surface area contributed by atoms with Gasteiger partial charge in [-0.25, -0.2) is 0 Å². The number of ether oxygens (including phenoxy) is 1. The summed E-state index contributed by atoms with van der Waals surface area (Å²) in [6.07, 6.45) is 9.78. The zero-order valence-corrected chi connectivity index (χ0v) is 16.6. The van der Waals surface area contributed by atoms with Crippen molar-refractivity contribution >= 4 is 22.4 Å². The molecule has 4 heteroatoms. The SMILES string of the molecule is COc1cc2cccc3c2c(c1N(C(=N)N)C12CC4CC(CC(C4)C1)C2)CC3. The molecule has 4 nitrogen and oxygen atoms in total. The molecule has 0 heterocycles. The molecule has 146 valence electrons. The highest BCUT2D eigenvalue weighted by Crippen LogP contribution is 2.59. The van der Waals surface area contributed by atoms with Gasteiger partial charge in [-0.1, -0.05) is 18.2 Å². The molecule has 0 aliphatic heterocycles. The Kier molecular flexibility index (Phi) is 3.37. The van der Waals surface area contributed by atoms with Crippen LogP contribution in [0.4, 0.5) is 5.69 Å². The molecule has 0 unspecified atom stereocenters. The molecule has 4 saturated carbocycles. The monoisotopic (exact) mass is 375 g/mol. The van der Waals surface area contributed by atoms with E-state index in [-0.39, 0.29) is 11.5 Å². The molecule has 0 radical (unpaired) electrons. The number of hydrogen-bond donors (Lipinski definition) is 2.